The van der Waals surface area contributed by atoms with Crippen LogP contribution in [0.3, 0.4) is 0 Å². The number of carbonyl (C=O) groups excluding carboxylic acids is 1. The van der Waals surface area contributed by atoms with E-state index in [1.165, 1.54) is 11.6 Å². The van der Waals surface area contributed by atoms with Gasteiger partial charge in [0.05, 0.1) is 5.69 Å². The average molecular weight is 252 g/mol. The largest absolute Gasteiger partial charge is 0.323 e. The smallest absolute Gasteiger partial charge is 0.248 e. The second-order valence-corrected chi connectivity index (χ2v) is 4.38. The SMILES string of the molecule is Cc1ccc(NC(=O)/C=C/c2ccccn2)cc1C. The molecule has 0 saturated carbocycles. The Kier molecular flexibility index (Phi) is 4.08. The topological polar surface area (TPSA) is 42.0 Å². The molecule has 1 N–H and O–H groups in total. The molecule has 0 unspecified atom stereocenters. The summed E-state index contributed by atoms with van der Waals surface area (Å²) in [7, 11) is 0. The number of hydrogen-bond acceptors (Lipinski definition) is 2. The van der Waals surface area contributed by atoms with Crippen molar-refractivity contribution in [3.8, 4) is 0 Å². The van der Waals surface area contributed by atoms with E-state index in [9.17, 15) is 4.79 Å². The molecule has 1 heterocycles. The van der Waals surface area contributed by atoms with E-state index in [-0.39, 0.29) is 5.91 Å². The first-order valence-electron chi connectivity index (χ1n) is 6.12. The lowest BCUT2D eigenvalue weighted by atomic mass is 10.1. The number of carbonyl (C=O) groups is 1. The van der Waals surface area contributed by atoms with E-state index in [1.54, 1.807) is 12.3 Å². The highest BCUT2D eigenvalue weighted by molar-refractivity contribution is 6.01. The molecular weight excluding hydrogens is 236 g/mol. The molecule has 0 aliphatic carbocycles. The fraction of sp³-hybridized carbons (Fsp3) is 0.125. The summed E-state index contributed by atoms with van der Waals surface area (Å²) in [4.78, 5) is 15.9. The highest BCUT2D eigenvalue weighted by Gasteiger charge is 1.99. The van der Waals surface area contributed by atoms with E-state index < -0.39 is 0 Å². The first-order valence-corrected chi connectivity index (χ1v) is 6.12. The van der Waals surface area contributed by atoms with Crippen LogP contribution in [0.15, 0.2) is 48.7 Å². The normalized spacial score (nSPS) is 10.6. The standard InChI is InChI=1S/C16H16N2O/c1-12-6-7-15(11-13(12)2)18-16(19)9-8-14-5-3-4-10-17-14/h3-11H,1-2H3,(H,18,19)/b9-8+. The van der Waals surface area contributed by atoms with Crippen molar-refractivity contribution in [2.75, 3.05) is 5.32 Å². The van der Waals surface area contributed by atoms with Gasteiger partial charge in [-0.05, 0) is 55.3 Å². The van der Waals surface area contributed by atoms with Gasteiger partial charge in [0.2, 0.25) is 5.91 Å². The van der Waals surface area contributed by atoms with Gasteiger partial charge in [-0.25, -0.2) is 0 Å². The van der Waals surface area contributed by atoms with E-state index >= 15 is 0 Å². The predicted octanol–water partition coefficient (Wildman–Crippen LogP) is 3.35. The van der Waals surface area contributed by atoms with Crippen LogP contribution in [0.4, 0.5) is 5.69 Å². The quantitative estimate of drug-likeness (QED) is 0.851. The van der Waals surface area contributed by atoms with E-state index in [0.29, 0.717) is 0 Å². The fourth-order valence-corrected chi connectivity index (χ4v) is 1.64. The van der Waals surface area contributed by atoms with Crippen LogP contribution in [0.25, 0.3) is 6.08 Å². The maximum absolute atomic E-state index is 11.8. The Hall–Kier alpha value is -2.42. The molecule has 0 bridgehead atoms. The molecule has 0 aliphatic rings. The van der Waals surface area contributed by atoms with Gasteiger partial charge in [0.15, 0.2) is 0 Å². The first kappa shape index (κ1) is 13.0. The molecule has 0 radical (unpaired) electrons. The number of amides is 1. The van der Waals surface area contributed by atoms with Crippen LogP contribution in [0.1, 0.15) is 16.8 Å². The third-order valence-electron chi connectivity index (χ3n) is 2.87. The number of rotatable bonds is 3. The van der Waals surface area contributed by atoms with Gasteiger partial charge in [0, 0.05) is 18.0 Å². The molecule has 3 heteroatoms. The van der Waals surface area contributed by atoms with Gasteiger partial charge < -0.3 is 5.32 Å². The Morgan fingerprint density at radius 3 is 2.68 bits per heavy atom. The zero-order valence-corrected chi connectivity index (χ0v) is 11.1. The third-order valence-corrected chi connectivity index (χ3v) is 2.87. The van der Waals surface area contributed by atoms with Crippen molar-refractivity contribution in [1.29, 1.82) is 0 Å². The monoisotopic (exact) mass is 252 g/mol. The minimum Gasteiger partial charge on any atom is -0.323 e. The molecular formula is C16H16N2O. The Balaban J connectivity index is 2.01. The summed E-state index contributed by atoms with van der Waals surface area (Å²) in [6.07, 6.45) is 4.87. The van der Waals surface area contributed by atoms with Crippen LogP contribution in [-0.2, 0) is 4.79 Å². The lowest BCUT2D eigenvalue weighted by Crippen LogP contribution is -2.08. The van der Waals surface area contributed by atoms with Gasteiger partial charge in [-0.2, -0.15) is 0 Å². The first-order chi connectivity index (χ1) is 9.15. The summed E-state index contributed by atoms with van der Waals surface area (Å²) in [6.45, 7) is 4.07. The molecule has 3 nitrogen and oxygen atoms in total. The van der Waals surface area contributed by atoms with E-state index in [2.05, 4.69) is 10.3 Å². The van der Waals surface area contributed by atoms with E-state index in [4.69, 9.17) is 0 Å². The summed E-state index contributed by atoms with van der Waals surface area (Å²) in [5.41, 5.74) is 3.94. The molecule has 0 aliphatic heterocycles. The second kappa shape index (κ2) is 5.96. The van der Waals surface area contributed by atoms with Crippen LogP contribution in [-0.4, -0.2) is 10.9 Å². The molecule has 0 atom stereocenters. The molecule has 19 heavy (non-hydrogen) atoms. The van der Waals surface area contributed by atoms with Crippen molar-refractivity contribution < 1.29 is 4.79 Å². The van der Waals surface area contributed by atoms with Crippen molar-refractivity contribution in [2.24, 2.45) is 0 Å². The van der Waals surface area contributed by atoms with Crippen molar-refractivity contribution in [3.05, 3.63) is 65.5 Å². The van der Waals surface area contributed by atoms with Crippen LogP contribution in [0, 0.1) is 13.8 Å². The van der Waals surface area contributed by atoms with Gasteiger partial charge in [0.1, 0.15) is 0 Å². The number of benzene rings is 1. The molecule has 0 fully saturated rings. The molecule has 0 saturated heterocycles. The van der Waals surface area contributed by atoms with Crippen molar-refractivity contribution >= 4 is 17.7 Å². The van der Waals surface area contributed by atoms with Gasteiger partial charge in [-0.15, -0.1) is 0 Å². The molecule has 2 aromatic rings. The maximum atomic E-state index is 11.8. The molecule has 1 aromatic carbocycles. The maximum Gasteiger partial charge on any atom is 0.248 e. The Bertz CT molecular complexity index is 603. The molecule has 2 rings (SSSR count). The number of hydrogen-bond donors (Lipinski definition) is 1. The highest BCUT2D eigenvalue weighted by Crippen LogP contribution is 2.14. The number of pyridine rings is 1. The predicted molar refractivity (Wildman–Crippen MR) is 77.8 cm³/mol. The van der Waals surface area contributed by atoms with E-state index in [0.717, 1.165) is 16.9 Å². The Labute approximate surface area is 113 Å². The molecule has 0 spiro atoms. The van der Waals surface area contributed by atoms with Crippen LogP contribution in [0.2, 0.25) is 0 Å². The van der Waals surface area contributed by atoms with Gasteiger partial charge in [0.25, 0.3) is 0 Å². The number of aryl methyl sites for hydroxylation is 2. The number of anilines is 1. The van der Waals surface area contributed by atoms with Gasteiger partial charge in [-0.3, -0.25) is 9.78 Å². The van der Waals surface area contributed by atoms with Crippen LogP contribution < -0.4 is 5.32 Å². The van der Waals surface area contributed by atoms with Crippen LogP contribution in [0.5, 0.6) is 0 Å². The van der Waals surface area contributed by atoms with Crippen LogP contribution >= 0.6 is 0 Å². The van der Waals surface area contributed by atoms with E-state index in [1.807, 2.05) is 50.2 Å². The fourth-order valence-electron chi connectivity index (χ4n) is 1.64. The Morgan fingerprint density at radius 1 is 1.16 bits per heavy atom. The number of nitrogens with one attached hydrogen (secondary N) is 1. The molecule has 96 valence electrons. The average Bonchev–Trinajstić information content (AvgIpc) is 2.42. The second-order valence-electron chi connectivity index (χ2n) is 4.38. The third kappa shape index (κ3) is 3.78. The number of aromatic nitrogens is 1. The summed E-state index contributed by atoms with van der Waals surface area (Å²) in [5, 5.41) is 2.83. The van der Waals surface area contributed by atoms with Gasteiger partial charge in [-0.1, -0.05) is 12.1 Å². The molecule has 1 aromatic heterocycles. The number of nitrogens with zero attached hydrogens (tertiary/aromatic N) is 1. The highest BCUT2D eigenvalue weighted by atomic mass is 16.1. The minimum absolute atomic E-state index is 0.158. The van der Waals surface area contributed by atoms with Crippen molar-refractivity contribution in [2.45, 2.75) is 13.8 Å². The molecule has 1 amide bonds. The van der Waals surface area contributed by atoms with Crippen molar-refractivity contribution in [1.82, 2.24) is 4.98 Å². The lowest BCUT2D eigenvalue weighted by Gasteiger charge is -2.05. The minimum atomic E-state index is -0.158. The summed E-state index contributed by atoms with van der Waals surface area (Å²) in [5.74, 6) is -0.158. The van der Waals surface area contributed by atoms with Crippen molar-refractivity contribution in [3.63, 3.8) is 0 Å². The van der Waals surface area contributed by atoms with Gasteiger partial charge >= 0.3 is 0 Å². The zero-order chi connectivity index (χ0) is 13.7. The lowest BCUT2D eigenvalue weighted by molar-refractivity contribution is -0.111. The summed E-state index contributed by atoms with van der Waals surface area (Å²) < 4.78 is 0. The summed E-state index contributed by atoms with van der Waals surface area (Å²) >= 11 is 0. The Morgan fingerprint density at radius 2 is 2.00 bits per heavy atom. The summed E-state index contributed by atoms with van der Waals surface area (Å²) in [6, 6.07) is 11.4. The zero-order valence-electron chi connectivity index (χ0n) is 11.1.